The van der Waals surface area contributed by atoms with Crippen molar-refractivity contribution in [2.75, 3.05) is 22.9 Å². The van der Waals surface area contributed by atoms with Gasteiger partial charge in [-0.05, 0) is 18.1 Å². The second kappa shape index (κ2) is 6.24. The van der Waals surface area contributed by atoms with Crippen molar-refractivity contribution in [3.05, 3.63) is 22.2 Å². The Kier molecular flexibility index (Phi) is 4.83. The van der Waals surface area contributed by atoms with Gasteiger partial charge in [0.15, 0.2) is 5.12 Å². The molecule has 1 aliphatic rings. The molecule has 1 heterocycles. The first-order valence-electron chi connectivity index (χ1n) is 6.06. The van der Waals surface area contributed by atoms with E-state index in [1.54, 1.807) is 17.0 Å². The van der Waals surface area contributed by atoms with Crippen LogP contribution in [0.3, 0.4) is 0 Å². The summed E-state index contributed by atoms with van der Waals surface area (Å²) in [5.74, 6) is 0.767. The molecule has 2 N–H and O–H groups in total. The van der Waals surface area contributed by atoms with E-state index in [4.69, 9.17) is 28.9 Å². The minimum absolute atomic E-state index is 0.0121. The Morgan fingerprint density at radius 1 is 1.45 bits per heavy atom. The van der Waals surface area contributed by atoms with Crippen LogP contribution in [-0.4, -0.2) is 23.3 Å². The lowest BCUT2D eigenvalue weighted by atomic mass is 10.1. The van der Waals surface area contributed by atoms with Crippen LogP contribution in [0.2, 0.25) is 10.0 Å². The molecule has 4 nitrogen and oxygen atoms in total. The zero-order valence-corrected chi connectivity index (χ0v) is 13.2. The molecule has 1 fully saturated rings. The summed E-state index contributed by atoms with van der Waals surface area (Å²) in [6.45, 7) is 2.06. The van der Waals surface area contributed by atoms with Gasteiger partial charge < -0.3 is 10.6 Å². The molecule has 7 heteroatoms. The van der Waals surface area contributed by atoms with Crippen molar-refractivity contribution in [2.24, 2.45) is 5.92 Å². The highest BCUT2D eigenvalue weighted by atomic mass is 35.5. The summed E-state index contributed by atoms with van der Waals surface area (Å²) < 4.78 is 0. The van der Waals surface area contributed by atoms with Gasteiger partial charge in [-0.3, -0.25) is 9.59 Å². The zero-order valence-electron chi connectivity index (χ0n) is 10.9. The van der Waals surface area contributed by atoms with E-state index >= 15 is 0 Å². The Morgan fingerprint density at radius 3 is 2.80 bits per heavy atom. The number of nitrogen functional groups attached to an aromatic ring is 1. The average Bonchev–Trinajstić information content (AvgIpc) is 2.72. The van der Waals surface area contributed by atoms with Crippen molar-refractivity contribution in [2.45, 2.75) is 13.3 Å². The summed E-state index contributed by atoms with van der Waals surface area (Å²) >= 11 is 13.4. The number of carbonyl (C=O) groups is 2. The number of thioether (sulfide) groups is 1. The van der Waals surface area contributed by atoms with E-state index in [1.807, 2.05) is 0 Å². The van der Waals surface area contributed by atoms with Gasteiger partial charge in [0.1, 0.15) is 0 Å². The number of nitrogens with zero attached hydrogens (tertiary/aromatic N) is 1. The molecule has 0 bridgehead atoms. The van der Waals surface area contributed by atoms with Gasteiger partial charge in [0.2, 0.25) is 5.91 Å². The highest BCUT2D eigenvalue weighted by Crippen LogP contribution is 2.36. The molecular weight excluding hydrogens is 319 g/mol. The van der Waals surface area contributed by atoms with Gasteiger partial charge in [-0.15, -0.1) is 0 Å². The maximum absolute atomic E-state index is 12.1. The van der Waals surface area contributed by atoms with Crippen LogP contribution in [-0.2, 0) is 9.59 Å². The van der Waals surface area contributed by atoms with Crippen molar-refractivity contribution in [1.82, 2.24) is 0 Å². The first kappa shape index (κ1) is 15.5. The molecule has 0 aliphatic carbocycles. The highest BCUT2D eigenvalue weighted by molar-refractivity contribution is 8.13. The van der Waals surface area contributed by atoms with E-state index in [0.717, 1.165) is 0 Å². The topological polar surface area (TPSA) is 63.4 Å². The second-order valence-corrected chi connectivity index (χ2v) is 6.71. The summed E-state index contributed by atoms with van der Waals surface area (Å²) in [6, 6.07) is 3.15. The molecule has 1 aromatic carbocycles. The fourth-order valence-corrected chi connectivity index (χ4v) is 3.25. The third-order valence-electron chi connectivity index (χ3n) is 3.08. The third kappa shape index (κ3) is 3.40. The lowest BCUT2D eigenvalue weighted by Gasteiger charge is -2.19. The smallest absolute Gasteiger partial charge is 0.227 e. The summed E-state index contributed by atoms with van der Waals surface area (Å²) in [7, 11) is 0. The molecule has 108 valence electrons. The van der Waals surface area contributed by atoms with Crippen LogP contribution in [0.1, 0.15) is 13.3 Å². The molecule has 1 saturated heterocycles. The SMILES string of the molecule is CC(=O)SCC1CC(=O)N(c2cc(Cl)c(N)cc2Cl)C1. The Labute approximate surface area is 131 Å². The van der Waals surface area contributed by atoms with Gasteiger partial charge in [0, 0.05) is 25.6 Å². The molecule has 0 radical (unpaired) electrons. The number of rotatable bonds is 3. The standard InChI is InChI=1S/C13H14Cl2N2O2S/c1-7(18)20-6-8-2-13(19)17(5-8)12-4-9(14)11(16)3-10(12)15/h3-4,8H,2,5-6,16H2,1H3. The number of nitrogens with two attached hydrogens (primary N) is 1. The largest absolute Gasteiger partial charge is 0.397 e. The van der Waals surface area contributed by atoms with Crippen molar-refractivity contribution in [3.8, 4) is 0 Å². The van der Waals surface area contributed by atoms with Gasteiger partial charge >= 0.3 is 0 Å². The lowest BCUT2D eigenvalue weighted by Crippen LogP contribution is -2.25. The molecule has 1 unspecified atom stereocenters. The van der Waals surface area contributed by atoms with E-state index in [1.165, 1.54) is 18.7 Å². The number of hydrogen-bond acceptors (Lipinski definition) is 4. The highest BCUT2D eigenvalue weighted by Gasteiger charge is 2.32. The van der Waals surface area contributed by atoms with Crippen LogP contribution in [0.25, 0.3) is 0 Å². The summed E-state index contributed by atoms with van der Waals surface area (Å²) in [6.07, 6.45) is 0.415. The number of amides is 1. The number of hydrogen-bond donors (Lipinski definition) is 1. The number of carbonyl (C=O) groups excluding carboxylic acids is 2. The first-order chi connectivity index (χ1) is 9.38. The maximum atomic E-state index is 12.1. The Hall–Kier alpha value is -0.910. The second-order valence-electron chi connectivity index (χ2n) is 4.70. The van der Waals surface area contributed by atoms with Crippen LogP contribution in [0.15, 0.2) is 12.1 Å². The first-order valence-corrected chi connectivity index (χ1v) is 7.81. The van der Waals surface area contributed by atoms with Crippen molar-refractivity contribution in [3.63, 3.8) is 0 Å². The van der Waals surface area contributed by atoms with Crippen LogP contribution in [0.4, 0.5) is 11.4 Å². The molecule has 1 atom stereocenters. The summed E-state index contributed by atoms with van der Waals surface area (Å²) in [5, 5.41) is 0.836. The van der Waals surface area contributed by atoms with Crippen LogP contribution >= 0.6 is 35.0 Å². The number of halogens is 2. The predicted molar refractivity (Wildman–Crippen MR) is 84.5 cm³/mol. The Balaban J connectivity index is 2.16. The van der Waals surface area contributed by atoms with Crippen molar-refractivity contribution < 1.29 is 9.59 Å². The monoisotopic (exact) mass is 332 g/mol. The molecule has 2 rings (SSSR count). The van der Waals surface area contributed by atoms with Gasteiger partial charge in [-0.25, -0.2) is 0 Å². The Bertz CT molecular complexity index is 566. The molecule has 0 saturated carbocycles. The minimum Gasteiger partial charge on any atom is -0.397 e. The Morgan fingerprint density at radius 2 is 2.15 bits per heavy atom. The van der Waals surface area contributed by atoms with Crippen molar-refractivity contribution >= 4 is 57.4 Å². The third-order valence-corrected chi connectivity index (χ3v) is 4.76. The minimum atomic E-state index is -0.0121. The normalized spacial score (nSPS) is 18.6. The predicted octanol–water partition coefficient (Wildman–Crippen LogP) is 3.21. The van der Waals surface area contributed by atoms with Gasteiger partial charge in [0.05, 0.1) is 21.4 Å². The molecule has 0 aromatic heterocycles. The zero-order chi connectivity index (χ0) is 14.9. The van der Waals surface area contributed by atoms with E-state index in [9.17, 15) is 9.59 Å². The molecule has 20 heavy (non-hydrogen) atoms. The molecule has 1 aliphatic heterocycles. The molecular formula is C13H14Cl2N2O2S. The van der Waals surface area contributed by atoms with E-state index in [2.05, 4.69) is 0 Å². The number of anilines is 2. The average molecular weight is 333 g/mol. The quantitative estimate of drug-likeness (QED) is 0.863. The van der Waals surface area contributed by atoms with Crippen LogP contribution in [0.5, 0.6) is 0 Å². The fraction of sp³-hybridized carbons (Fsp3) is 0.385. The lowest BCUT2D eigenvalue weighted by molar-refractivity contribution is -0.117. The van der Waals surface area contributed by atoms with Crippen molar-refractivity contribution in [1.29, 1.82) is 0 Å². The van der Waals surface area contributed by atoms with E-state index in [0.29, 0.717) is 40.1 Å². The summed E-state index contributed by atoms with van der Waals surface area (Å²) in [4.78, 5) is 24.7. The van der Waals surface area contributed by atoms with Crippen LogP contribution in [0, 0.1) is 5.92 Å². The maximum Gasteiger partial charge on any atom is 0.227 e. The van der Waals surface area contributed by atoms with Gasteiger partial charge in [0.25, 0.3) is 0 Å². The number of benzene rings is 1. The summed E-state index contributed by atoms with van der Waals surface area (Å²) in [5.41, 5.74) is 6.63. The van der Waals surface area contributed by atoms with Gasteiger partial charge in [-0.1, -0.05) is 35.0 Å². The van der Waals surface area contributed by atoms with Crippen LogP contribution < -0.4 is 10.6 Å². The molecule has 1 amide bonds. The van der Waals surface area contributed by atoms with E-state index in [-0.39, 0.29) is 16.9 Å². The molecule has 1 aromatic rings. The molecule has 0 spiro atoms. The fourth-order valence-electron chi connectivity index (χ4n) is 2.12. The van der Waals surface area contributed by atoms with E-state index < -0.39 is 0 Å². The van der Waals surface area contributed by atoms with Gasteiger partial charge in [-0.2, -0.15) is 0 Å².